The summed E-state index contributed by atoms with van der Waals surface area (Å²) in [5.41, 5.74) is 1.25. The van der Waals surface area contributed by atoms with Crippen LogP contribution in [0.4, 0.5) is 0 Å². The number of esters is 1. The topological polar surface area (TPSA) is 188 Å². The van der Waals surface area contributed by atoms with Crippen LogP contribution in [-0.2, 0) is 26.3 Å². The number of nitrogens with zero attached hydrogens (tertiary/aromatic N) is 4. The zero-order chi connectivity index (χ0) is 18.1. The van der Waals surface area contributed by atoms with Gasteiger partial charge in [0.2, 0.25) is 0 Å². The second kappa shape index (κ2) is 23.1. The number of rotatable bonds is 3. The second-order valence-electron chi connectivity index (χ2n) is 3.57. The number of hydrogen-bond donors (Lipinski definition) is 4. The molecule has 0 unspecified atom stereocenters. The van der Waals surface area contributed by atoms with Crippen molar-refractivity contribution in [1.82, 2.24) is 0 Å². The Morgan fingerprint density at radius 3 is 1.08 bits per heavy atom. The first-order valence-electron chi connectivity index (χ1n) is 5.86. The van der Waals surface area contributed by atoms with Crippen LogP contribution in [0.2, 0.25) is 0 Å². The van der Waals surface area contributed by atoms with Crippen molar-refractivity contribution in [3.05, 3.63) is 6.92 Å². The van der Waals surface area contributed by atoms with Crippen molar-refractivity contribution in [3.8, 4) is 0 Å². The average Bonchev–Trinajstić information content (AvgIpc) is 2.58. The summed E-state index contributed by atoms with van der Waals surface area (Å²) in [6, 6.07) is 0. The fourth-order valence-corrected chi connectivity index (χ4v) is 0.392. The van der Waals surface area contributed by atoms with Crippen LogP contribution in [0.1, 0.15) is 34.1 Å². The van der Waals surface area contributed by atoms with Gasteiger partial charge in [0.1, 0.15) is 22.8 Å². The molecule has 0 bridgehead atoms. The molecule has 0 aliphatic carbocycles. The molecule has 0 saturated heterocycles. The van der Waals surface area contributed by atoms with E-state index >= 15 is 0 Å². The van der Waals surface area contributed by atoms with Crippen LogP contribution in [0.15, 0.2) is 20.6 Å². The SMILES string of the molecule is CC(=N\O)/C(C)=N/O.CC(=N\O)/C(C)=N/O.O.[CH2-]CC(=O)OC.[Co]. The molecule has 0 amide bonds. The third kappa shape index (κ3) is 22.1. The summed E-state index contributed by atoms with van der Waals surface area (Å²) in [7, 11) is 1.34. The van der Waals surface area contributed by atoms with E-state index in [1.165, 1.54) is 34.8 Å². The van der Waals surface area contributed by atoms with E-state index in [4.69, 9.17) is 20.8 Å². The van der Waals surface area contributed by atoms with Crippen molar-refractivity contribution in [2.24, 2.45) is 20.6 Å². The van der Waals surface area contributed by atoms with E-state index in [-0.39, 0.29) is 34.6 Å². The van der Waals surface area contributed by atoms with E-state index in [2.05, 4.69) is 32.3 Å². The van der Waals surface area contributed by atoms with Gasteiger partial charge < -0.3 is 38.0 Å². The monoisotopic (exact) mass is 396 g/mol. The van der Waals surface area contributed by atoms with Crippen molar-refractivity contribution in [2.75, 3.05) is 7.11 Å². The maximum absolute atomic E-state index is 9.90. The average molecular weight is 396 g/mol. The third-order valence-corrected chi connectivity index (χ3v) is 2.08. The molecule has 12 heteroatoms. The van der Waals surface area contributed by atoms with Crippen LogP contribution in [-0.4, -0.2) is 62.2 Å². The van der Waals surface area contributed by atoms with E-state index in [0.29, 0.717) is 22.8 Å². The molecule has 0 aliphatic rings. The number of carbonyl (C=O) groups excluding carboxylic acids is 1. The first kappa shape index (κ1) is 33.4. The van der Waals surface area contributed by atoms with Crippen LogP contribution < -0.4 is 0 Å². The minimum absolute atomic E-state index is 0. The molecular formula is C12H25CoN4O7-. The molecule has 0 aromatic carbocycles. The predicted octanol–water partition coefficient (Wildman–Crippen LogP) is 0.930. The first-order chi connectivity index (χ1) is 10.2. The summed E-state index contributed by atoms with van der Waals surface area (Å²) in [5.74, 6) is -0.269. The van der Waals surface area contributed by atoms with E-state index in [0.717, 1.165) is 0 Å². The Labute approximate surface area is 150 Å². The van der Waals surface area contributed by atoms with Crippen LogP contribution in [0.25, 0.3) is 0 Å². The van der Waals surface area contributed by atoms with Gasteiger partial charge >= 0.3 is 0 Å². The summed E-state index contributed by atoms with van der Waals surface area (Å²) in [5, 5.41) is 43.3. The van der Waals surface area contributed by atoms with Crippen molar-refractivity contribution >= 4 is 28.8 Å². The van der Waals surface area contributed by atoms with Crippen molar-refractivity contribution in [1.29, 1.82) is 0 Å². The van der Waals surface area contributed by atoms with Gasteiger partial charge in [-0.2, -0.15) is 0 Å². The molecule has 0 heterocycles. The Morgan fingerprint density at radius 2 is 1.04 bits per heavy atom. The molecule has 0 aromatic rings. The number of methoxy groups -OCH3 is 1. The molecule has 0 fully saturated rings. The van der Waals surface area contributed by atoms with Gasteiger partial charge in [0, 0.05) is 16.8 Å². The summed E-state index contributed by atoms with van der Waals surface area (Å²) in [4.78, 5) is 9.90. The fourth-order valence-electron chi connectivity index (χ4n) is 0.392. The Kier molecular flexibility index (Phi) is 32.2. The summed E-state index contributed by atoms with van der Waals surface area (Å²) in [6.45, 7) is 9.43. The molecule has 11 nitrogen and oxygen atoms in total. The molecule has 0 spiro atoms. The number of oxime groups is 4. The van der Waals surface area contributed by atoms with Crippen LogP contribution >= 0.6 is 0 Å². The Morgan fingerprint density at radius 1 is 0.833 bits per heavy atom. The number of carbonyl (C=O) groups is 1. The molecule has 24 heavy (non-hydrogen) atoms. The minimum atomic E-state index is -0.269. The van der Waals surface area contributed by atoms with E-state index in [1.807, 2.05) is 0 Å². The standard InChI is InChI=1S/2C4H8N2O2.C4H7O2.Co.H2O/c2*1-3(5-7)4(2)6-8;1-3-4(5)6-2;;/h2*7-8H,1-2H3;1,3H2,2H3;;1H2/q;;-1;;/b2*5-3+,6-4+;;;. The normalized spacial score (nSPS) is 11.4. The van der Waals surface area contributed by atoms with Crippen LogP contribution in [0, 0.1) is 6.92 Å². The molecule has 1 radical (unpaired) electrons. The fraction of sp³-hybridized carbons (Fsp3) is 0.500. The van der Waals surface area contributed by atoms with E-state index < -0.39 is 0 Å². The van der Waals surface area contributed by atoms with Gasteiger partial charge in [0.15, 0.2) is 0 Å². The molecule has 0 rings (SSSR count). The smallest absolute Gasteiger partial charge is 0.275 e. The zero-order valence-corrected chi connectivity index (χ0v) is 15.2. The summed E-state index contributed by atoms with van der Waals surface area (Å²) in [6.07, 6.45) is 0.219. The van der Waals surface area contributed by atoms with Gasteiger partial charge in [-0.05, 0) is 27.7 Å². The van der Waals surface area contributed by atoms with E-state index in [1.54, 1.807) is 0 Å². The zero-order valence-electron chi connectivity index (χ0n) is 14.1. The van der Waals surface area contributed by atoms with Gasteiger partial charge in [-0.25, -0.2) is 0 Å². The molecule has 0 aliphatic heterocycles. The van der Waals surface area contributed by atoms with E-state index in [9.17, 15) is 4.79 Å². The van der Waals surface area contributed by atoms with Crippen LogP contribution in [0.3, 0.4) is 0 Å². The molecule has 0 saturated carbocycles. The Bertz CT molecular complexity index is 367. The molecule has 0 atom stereocenters. The quantitative estimate of drug-likeness (QED) is 0.180. The van der Waals surface area contributed by atoms with Gasteiger partial charge in [-0.1, -0.05) is 27.0 Å². The predicted molar refractivity (Wildman–Crippen MR) is 85.2 cm³/mol. The molecule has 6 N–H and O–H groups in total. The van der Waals surface area contributed by atoms with Gasteiger partial charge in [0.25, 0.3) is 5.97 Å². The first-order valence-corrected chi connectivity index (χ1v) is 5.86. The maximum Gasteiger partial charge on any atom is 0.275 e. The molecular weight excluding hydrogens is 371 g/mol. The second-order valence-corrected chi connectivity index (χ2v) is 3.57. The van der Waals surface area contributed by atoms with Gasteiger partial charge in [0.05, 0.1) is 7.11 Å². The van der Waals surface area contributed by atoms with Crippen LogP contribution in [0.5, 0.6) is 0 Å². The van der Waals surface area contributed by atoms with Crippen molar-refractivity contribution in [2.45, 2.75) is 34.1 Å². The third-order valence-electron chi connectivity index (χ3n) is 2.08. The van der Waals surface area contributed by atoms with Gasteiger partial charge in [-0.3, -0.25) is 4.79 Å². The minimum Gasteiger partial charge on any atom is -0.471 e. The summed E-state index contributed by atoms with van der Waals surface area (Å²) >= 11 is 0. The number of hydrogen-bond acceptors (Lipinski definition) is 10. The van der Waals surface area contributed by atoms with Crippen molar-refractivity contribution < 1.29 is 52.6 Å². The Hall–Kier alpha value is -2.18. The van der Waals surface area contributed by atoms with Crippen molar-refractivity contribution in [3.63, 3.8) is 0 Å². The summed E-state index contributed by atoms with van der Waals surface area (Å²) < 4.78 is 4.20. The maximum atomic E-state index is 9.90. The molecule has 145 valence electrons. The Balaban J connectivity index is -0.0000000730. The number of ether oxygens (including phenoxy) is 1. The van der Waals surface area contributed by atoms with Gasteiger partial charge in [-0.15, -0.1) is 0 Å². The molecule has 0 aromatic heterocycles. The largest absolute Gasteiger partial charge is 0.471 e.